The van der Waals surface area contributed by atoms with Gasteiger partial charge in [-0.05, 0) is 52.6 Å². The Kier molecular flexibility index (Phi) is 6.79. The topological polar surface area (TPSA) is 20.3 Å². The van der Waals surface area contributed by atoms with Gasteiger partial charge in [0.15, 0.2) is 5.78 Å². The Hall–Kier alpha value is -2.55. The summed E-state index contributed by atoms with van der Waals surface area (Å²) < 4.78 is 0. The van der Waals surface area contributed by atoms with E-state index in [1.165, 1.54) is 23.3 Å². The lowest BCUT2D eigenvalue weighted by Crippen LogP contribution is -2.22. The first-order chi connectivity index (χ1) is 13.8. The number of rotatable bonds is 8. The average Bonchev–Trinajstić information content (AvgIpc) is 2.70. The standard InChI is InChI=1S/C25H23Cl2NO/c1-17(19(3)29)12-18(2)28(16-21-9-11-24(26)25(27)14-21)15-20-8-10-22-6-4-5-7-23(22)13-20/h4-11,13-14H,1-2,12,15-16H2,3H3. The predicted octanol–water partition coefficient (Wildman–Crippen LogP) is 7.20. The Bertz CT molecular complexity index is 1090. The zero-order valence-corrected chi connectivity index (χ0v) is 17.9. The van der Waals surface area contributed by atoms with Crippen molar-refractivity contribution >= 4 is 39.8 Å². The maximum Gasteiger partial charge on any atom is 0.155 e. The largest absolute Gasteiger partial charge is 0.366 e. The molecule has 0 amide bonds. The molecule has 0 aliphatic rings. The molecular formula is C25H23Cl2NO. The molecule has 3 aromatic rings. The molecule has 4 heteroatoms. The zero-order valence-electron chi connectivity index (χ0n) is 16.4. The Balaban J connectivity index is 1.87. The SMILES string of the molecule is C=C(CC(=C)N(Cc1ccc(Cl)c(Cl)c1)Cc1ccc2ccccc2c1)C(C)=O. The van der Waals surface area contributed by atoms with Gasteiger partial charge in [0.1, 0.15) is 0 Å². The van der Waals surface area contributed by atoms with Crippen molar-refractivity contribution in [3.63, 3.8) is 0 Å². The molecule has 3 aromatic carbocycles. The summed E-state index contributed by atoms with van der Waals surface area (Å²) in [6.45, 7) is 10.9. The summed E-state index contributed by atoms with van der Waals surface area (Å²) in [6.07, 6.45) is 0.435. The van der Waals surface area contributed by atoms with Crippen molar-refractivity contribution < 1.29 is 4.79 Å². The van der Waals surface area contributed by atoms with E-state index < -0.39 is 0 Å². The second-order valence-corrected chi connectivity index (χ2v) is 8.00. The fraction of sp³-hybridized carbons (Fsp3) is 0.160. The van der Waals surface area contributed by atoms with Crippen LogP contribution in [0.15, 0.2) is 85.1 Å². The van der Waals surface area contributed by atoms with Crippen LogP contribution in [-0.4, -0.2) is 10.7 Å². The monoisotopic (exact) mass is 423 g/mol. The number of nitrogens with zero attached hydrogens (tertiary/aromatic N) is 1. The lowest BCUT2D eigenvalue weighted by molar-refractivity contribution is -0.113. The molecule has 0 radical (unpaired) electrons. The number of ketones is 1. The lowest BCUT2D eigenvalue weighted by atomic mass is 10.0. The first-order valence-electron chi connectivity index (χ1n) is 9.36. The highest BCUT2D eigenvalue weighted by atomic mass is 35.5. The van der Waals surface area contributed by atoms with Crippen LogP contribution in [0.5, 0.6) is 0 Å². The van der Waals surface area contributed by atoms with Crippen molar-refractivity contribution in [2.75, 3.05) is 0 Å². The summed E-state index contributed by atoms with van der Waals surface area (Å²) in [6, 6.07) is 20.3. The number of fused-ring (bicyclic) bond motifs is 1. The molecule has 148 valence electrons. The highest BCUT2D eigenvalue weighted by molar-refractivity contribution is 6.42. The number of Topliss-reactive ketones (excluding diaryl/α,β-unsaturated/α-hetero) is 1. The summed E-state index contributed by atoms with van der Waals surface area (Å²) in [5.41, 5.74) is 3.57. The van der Waals surface area contributed by atoms with Crippen molar-refractivity contribution in [3.8, 4) is 0 Å². The second kappa shape index (κ2) is 9.30. The molecule has 0 fully saturated rings. The van der Waals surface area contributed by atoms with Crippen LogP contribution < -0.4 is 0 Å². The van der Waals surface area contributed by atoms with Crippen LogP contribution in [0, 0.1) is 0 Å². The molecule has 0 aliphatic heterocycles. The van der Waals surface area contributed by atoms with Crippen LogP contribution in [0.3, 0.4) is 0 Å². The highest BCUT2D eigenvalue weighted by Crippen LogP contribution is 2.26. The van der Waals surface area contributed by atoms with Gasteiger partial charge < -0.3 is 4.90 Å². The molecule has 0 N–H and O–H groups in total. The second-order valence-electron chi connectivity index (χ2n) is 7.19. The summed E-state index contributed by atoms with van der Waals surface area (Å²) in [7, 11) is 0. The number of benzene rings is 3. The molecular weight excluding hydrogens is 401 g/mol. The van der Waals surface area contributed by atoms with E-state index in [1.54, 1.807) is 6.07 Å². The van der Waals surface area contributed by atoms with Gasteiger partial charge >= 0.3 is 0 Å². The van der Waals surface area contributed by atoms with Crippen molar-refractivity contribution in [2.24, 2.45) is 0 Å². The van der Waals surface area contributed by atoms with Crippen LogP contribution in [0.25, 0.3) is 10.8 Å². The fourth-order valence-corrected chi connectivity index (χ4v) is 3.50. The summed E-state index contributed by atoms with van der Waals surface area (Å²) in [4.78, 5) is 13.8. The number of hydrogen-bond donors (Lipinski definition) is 0. The Morgan fingerprint density at radius 2 is 1.48 bits per heavy atom. The Morgan fingerprint density at radius 1 is 0.862 bits per heavy atom. The van der Waals surface area contributed by atoms with E-state index in [4.69, 9.17) is 23.2 Å². The van der Waals surface area contributed by atoms with Gasteiger partial charge in [-0.3, -0.25) is 4.79 Å². The van der Waals surface area contributed by atoms with Gasteiger partial charge in [0, 0.05) is 25.2 Å². The van der Waals surface area contributed by atoms with Crippen molar-refractivity contribution in [3.05, 3.63) is 106 Å². The summed E-state index contributed by atoms with van der Waals surface area (Å²) in [5, 5.41) is 3.45. The van der Waals surface area contributed by atoms with Crippen LogP contribution >= 0.6 is 23.2 Å². The molecule has 2 nitrogen and oxygen atoms in total. The highest BCUT2D eigenvalue weighted by Gasteiger charge is 2.14. The van der Waals surface area contributed by atoms with E-state index in [9.17, 15) is 4.79 Å². The van der Waals surface area contributed by atoms with Gasteiger partial charge in [0.2, 0.25) is 0 Å². The molecule has 0 unspecified atom stereocenters. The first-order valence-corrected chi connectivity index (χ1v) is 10.1. The number of hydrogen-bond acceptors (Lipinski definition) is 2. The molecule has 0 heterocycles. The number of halogens is 2. The zero-order chi connectivity index (χ0) is 21.0. The summed E-state index contributed by atoms with van der Waals surface area (Å²) in [5.74, 6) is -0.0219. The third kappa shape index (κ3) is 5.50. The van der Waals surface area contributed by atoms with Gasteiger partial charge in [-0.2, -0.15) is 0 Å². The van der Waals surface area contributed by atoms with Crippen molar-refractivity contribution in [1.82, 2.24) is 4.90 Å². The Morgan fingerprint density at radius 3 is 2.14 bits per heavy atom. The lowest BCUT2D eigenvalue weighted by Gasteiger charge is -2.28. The van der Waals surface area contributed by atoms with E-state index in [0.29, 0.717) is 35.1 Å². The van der Waals surface area contributed by atoms with E-state index in [2.05, 4.69) is 48.4 Å². The predicted molar refractivity (Wildman–Crippen MR) is 123 cm³/mol. The molecule has 3 rings (SSSR count). The average molecular weight is 424 g/mol. The fourth-order valence-electron chi connectivity index (χ4n) is 3.18. The van der Waals surface area contributed by atoms with Gasteiger partial charge in [0.25, 0.3) is 0 Å². The number of carbonyl (C=O) groups is 1. The maximum atomic E-state index is 11.7. The molecule has 0 spiro atoms. The van der Waals surface area contributed by atoms with E-state index in [1.807, 2.05) is 24.3 Å². The minimum Gasteiger partial charge on any atom is -0.366 e. The van der Waals surface area contributed by atoms with Gasteiger partial charge in [-0.15, -0.1) is 0 Å². The molecule has 0 aromatic heterocycles. The summed E-state index contributed by atoms with van der Waals surface area (Å²) >= 11 is 12.3. The molecule has 0 atom stereocenters. The molecule has 29 heavy (non-hydrogen) atoms. The number of allylic oxidation sites excluding steroid dienone is 1. The Labute approximate surface area is 182 Å². The van der Waals surface area contributed by atoms with Crippen LogP contribution in [0.1, 0.15) is 24.5 Å². The molecule has 0 aliphatic carbocycles. The number of carbonyl (C=O) groups excluding carboxylic acids is 1. The van der Waals surface area contributed by atoms with Crippen LogP contribution in [-0.2, 0) is 17.9 Å². The minimum absolute atomic E-state index is 0.0219. The third-order valence-electron chi connectivity index (χ3n) is 4.91. The first kappa shape index (κ1) is 21.2. The normalized spacial score (nSPS) is 10.7. The van der Waals surface area contributed by atoms with Crippen molar-refractivity contribution in [2.45, 2.75) is 26.4 Å². The molecule has 0 saturated heterocycles. The maximum absolute atomic E-state index is 11.7. The van der Waals surface area contributed by atoms with Gasteiger partial charge in [0.05, 0.1) is 10.0 Å². The van der Waals surface area contributed by atoms with Crippen LogP contribution in [0.2, 0.25) is 10.0 Å². The quantitative estimate of drug-likeness (QED) is 0.357. The third-order valence-corrected chi connectivity index (χ3v) is 5.65. The van der Waals surface area contributed by atoms with E-state index >= 15 is 0 Å². The van der Waals surface area contributed by atoms with Crippen molar-refractivity contribution in [1.29, 1.82) is 0 Å². The van der Waals surface area contributed by atoms with E-state index in [0.717, 1.165) is 11.3 Å². The van der Waals surface area contributed by atoms with Crippen LogP contribution in [0.4, 0.5) is 0 Å². The van der Waals surface area contributed by atoms with E-state index in [-0.39, 0.29) is 5.78 Å². The molecule has 0 saturated carbocycles. The molecule has 0 bridgehead atoms. The van der Waals surface area contributed by atoms with Gasteiger partial charge in [-0.25, -0.2) is 0 Å². The minimum atomic E-state index is -0.0219. The smallest absolute Gasteiger partial charge is 0.155 e. The van der Waals surface area contributed by atoms with Gasteiger partial charge in [-0.1, -0.05) is 78.8 Å².